The Morgan fingerprint density at radius 1 is 1.40 bits per heavy atom. The Morgan fingerprint density at radius 3 is 2.80 bits per heavy atom. The molecule has 0 saturated heterocycles. The summed E-state index contributed by atoms with van der Waals surface area (Å²) >= 11 is 0. The van der Waals surface area contributed by atoms with Crippen molar-refractivity contribution >= 4 is 0 Å². The predicted octanol–water partition coefficient (Wildman–Crippen LogP) is 1.64. The van der Waals surface area contributed by atoms with Crippen molar-refractivity contribution in [2.24, 2.45) is 0 Å². The van der Waals surface area contributed by atoms with Gasteiger partial charge in [-0.2, -0.15) is 5.26 Å². The SMILES string of the molecule is COCCN(C)Cc1ccccc1C#N. The summed E-state index contributed by atoms with van der Waals surface area (Å²) < 4.78 is 5.00. The second kappa shape index (κ2) is 6.18. The second-order valence-electron chi connectivity index (χ2n) is 3.50. The largest absolute Gasteiger partial charge is 0.383 e. The van der Waals surface area contributed by atoms with Crippen LogP contribution in [0.15, 0.2) is 24.3 Å². The van der Waals surface area contributed by atoms with Crippen LogP contribution in [0.25, 0.3) is 0 Å². The van der Waals surface area contributed by atoms with E-state index in [2.05, 4.69) is 11.0 Å². The first-order chi connectivity index (χ1) is 7.27. The van der Waals surface area contributed by atoms with Crippen molar-refractivity contribution in [1.29, 1.82) is 5.26 Å². The van der Waals surface area contributed by atoms with Gasteiger partial charge in [0.1, 0.15) is 0 Å². The van der Waals surface area contributed by atoms with Crippen LogP contribution >= 0.6 is 0 Å². The van der Waals surface area contributed by atoms with Gasteiger partial charge in [0.05, 0.1) is 18.2 Å². The number of methoxy groups -OCH3 is 1. The van der Waals surface area contributed by atoms with Crippen LogP contribution in [0.4, 0.5) is 0 Å². The number of nitrogens with zero attached hydrogens (tertiary/aromatic N) is 2. The van der Waals surface area contributed by atoms with Crippen LogP contribution in [-0.2, 0) is 11.3 Å². The molecule has 0 aromatic heterocycles. The van der Waals surface area contributed by atoms with Gasteiger partial charge in [-0.25, -0.2) is 0 Å². The molecule has 0 unspecified atom stereocenters. The van der Waals surface area contributed by atoms with Gasteiger partial charge in [0.2, 0.25) is 0 Å². The van der Waals surface area contributed by atoms with Gasteiger partial charge in [0, 0.05) is 20.2 Å². The van der Waals surface area contributed by atoms with E-state index in [1.54, 1.807) is 7.11 Å². The number of hydrogen-bond donors (Lipinski definition) is 0. The van der Waals surface area contributed by atoms with Gasteiger partial charge in [0.15, 0.2) is 0 Å². The van der Waals surface area contributed by atoms with E-state index in [0.717, 1.165) is 24.2 Å². The molecule has 3 nitrogen and oxygen atoms in total. The van der Waals surface area contributed by atoms with E-state index < -0.39 is 0 Å². The third kappa shape index (κ3) is 3.70. The minimum Gasteiger partial charge on any atom is -0.383 e. The molecule has 0 atom stereocenters. The number of ether oxygens (including phenoxy) is 1. The van der Waals surface area contributed by atoms with Gasteiger partial charge in [0.25, 0.3) is 0 Å². The van der Waals surface area contributed by atoms with E-state index in [4.69, 9.17) is 10.00 Å². The molecule has 0 N–H and O–H groups in total. The van der Waals surface area contributed by atoms with Gasteiger partial charge in [-0.15, -0.1) is 0 Å². The molecule has 15 heavy (non-hydrogen) atoms. The van der Waals surface area contributed by atoms with Crippen molar-refractivity contribution in [2.45, 2.75) is 6.54 Å². The smallest absolute Gasteiger partial charge is 0.0995 e. The number of nitriles is 1. The topological polar surface area (TPSA) is 36.3 Å². The van der Waals surface area contributed by atoms with Crippen molar-refractivity contribution in [3.63, 3.8) is 0 Å². The molecule has 0 saturated carbocycles. The number of hydrogen-bond acceptors (Lipinski definition) is 3. The molecule has 0 aliphatic heterocycles. The first kappa shape index (κ1) is 11.7. The molecule has 0 heterocycles. The molecule has 0 aliphatic carbocycles. The molecular formula is C12H16N2O. The summed E-state index contributed by atoms with van der Waals surface area (Å²) in [4.78, 5) is 2.14. The van der Waals surface area contributed by atoms with Gasteiger partial charge in [-0.05, 0) is 18.7 Å². The summed E-state index contributed by atoms with van der Waals surface area (Å²) in [7, 11) is 3.71. The Morgan fingerprint density at radius 2 is 2.13 bits per heavy atom. The third-order valence-electron chi connectivity index (χ3n) is 2.26. The maximum atomic E-state index is 8.91. The summed E-state index contributed by atoms with van der Waals surface area (Å²) in [6.07, 6.45) is 0. The molecule has 0 amide bonds. The average Bonchev–Trinajstić information content (AvgIpc) is 2.27. The van der Waals surface area contributed by atoms with E-state index >= 15 is 0 Å². The zero-order chi connectivity index (χ0) is 11.1. The molecule has 1 aromatic carbocycles. The molecule has 1 aromatic rings. The lowest BCUT2D eigenvalue weighted by Crippen LogP contribution is -2.22. The standard InChI is InChI=1S/C12H16N2O/c1-14(7-8-15-2)10-12-6-4-3-5-11(12)9-13/h3-6H,7-8,10H2,1-2H3. The Kier molecular flexibility index (Phi) is 4.82. The highest BCUT2D eigenvalue weighted by Crippen LogP contribution is 2.09. The van der Waals surface area contributed by atoms with Crippen molar-refractivity contribution < 1.29 is 4.74 Å². The van der Waals surface area contributed by atoms with Gasteiger partial charge < -0.3 is 4.74 Å². The van der Waals surface area contributed by atoms with Crippen molar-refractivity contribution in [2.75, 3.05) is 27.3 Å². The first-order valence-corrected chi connectivity index (χ1v) is 4.93. The zero-order valence-electron chi connectivity index (χ0n) is 9.23. The summed E-state index contributed by atoms with van der Waals surface area (Å²) in [5.74, 6) is 0. The van der Waals surface area contributed by atoms with Crippen LogP contribution in [0.2, 0.25) is 0 Å². The highest BCUT2D eigenvalue weighted by molar-refractivity contribution is 5.37. The van der Waals surface area contributed by atoms with Crippen LogP contribution in [0, 0.1) is 11.3 Å². The van der Waals surface area contributed by atoms with E-state index in [1.165, 1.54) is 0 Å². The summed E-state index contributed by atoms with van der Waals surface area (Å²) in [5, 5.41) is 8.91. The lowest BCUT2D eigenvalue weighted by molar-refractivity contribution is 0.158. The summed E-state index contributed by atoms with van der Waals surface area (Å²) in [5.41, 5.74) is 1.82. The second-order valence-corrected chi connectivity index (χ2v) is 3.50. The predicted molar refractivity (Wildman–Crippen MR) is 59.4 cm³/mol. The molecule has 80 valence electrons. The Labute approximate surface area is 90.9 Å². The normalized spacial score (nSPS) is 10.3. The fourth-order valence-corrected chi connectivity index (χ4v) is 1.38. The van der Waals surface area contributed by atoms with Crippen LogP contribution in [0.3, 0.4) is 0 Å². The van der Waals surface area contributed by atoms with Gasteiger partial charge in [-0.3, -0.25) is 4.90 Å². The molecule has 0 fully saturated rings. The quantitative estimate of drug-likeness (QED) is 0.731. The molecule has 0 spiro atoms. The number of rotatable bonds is 5. The number of benzene rings is 1. The third-order valence-corrected chi connectivity index (χ3v) is 2.26. The van der Waals surface area contributed by atoms with Crippen molar-refractivity contribution in [3.05, 3.63) is 35.4 Å². The highest BCUT2D eigenvalue weighted by Gasteiger charge is 2.04. The lowest BCUT2D eigenvalue weighted by Gasteiger charge is -2.16. The van der Waals surface area contributed by atoms with Crippen LogP contribution in [-0.4, -0.2) is 32.2 Å². The van der Waals surface area contributed by atoms with Crippen LogP contribution < -0.4 is 0 Å². The molecule has 0 radical (unpaired) electrons. The molecular weight excluding hydrogens is 188 g/mol. The Hall–Kier alpha value is -1.37. The summed E-state index contributed by atoms with van der Waals surface area (Å²) in [6, 6.07) is 9.88. The van der Waals surface area contributed by atoms with E-state index in [9.17, 15) is 0 Å². The maximum absolute atomic E-state index is 8.91. The lowest BCUT2D eigenvalue weighted by atomic mass is 10.1. The Bertz CT molecular complexity index is 344. The Balaban J connectivity index is 2.60. The van der Waals surface area contributed by atoms with Gasteiger partial charge >= 0.3 is 0 Å². The minimum absolute atomic E-state index is 0.714. The summed E-state index contributed by atoms with van der Waals surface area (Å²) in [6.45, 7) is 2.37. The van der Waals surface area contributed by atoms with E-state index in [0.29, 0.717) is 6.61 Å². The van der Waals surface area contributed by atoms with E-state index in [1.807, 2.05) is 31.3 Å². The number of likely N-dealkylation sites (N-methyl/N-ethyl adjacent to an activating group) is 1. The monoisotopic (exact) mass is 204 g/mol. The maximum Gasteiger partial charge on any atom is 0.0995 e. The minimum atomic E-state index is 0.714. The zero-order valence-corrected chi connectivity index (χ0v) is 9.23. The fourth-order valence-electron chi connectivity index (χ4n) is 1.38. The molecule has 3 heteroatoms. The fraction of sp³-hybridized carbons (Fsp3) is 0.417. The molecule has 0 aliphatic rings. The molecule has 1 rings (SSSR count). The van der Waals surface area contributed by atoms with Crippen molar-refractivity contribution in [1.82, 2.24) is 4.90 Å². The van der Waals surface area contributed by atoms with Crippen LogP contribution in [0.1, 0.15) is 11.1 Å². The first-order valence-electron chi connectivity index (χ1n) is 4.93. The average molecular weight is 204 g/mol. The highest BCUT2D eigenvalue weighted by atomic mass is 16.5. The van der Waals surface area contributed by atoms with Crippen LogP contribution in [0.5, 0.6) is 0 Å². The van der Waals surface area contributed by atoms with E-state index in [-0.39, 0.29) is 0 Å². The molecule has 0 bridgehead atoms. The van der Waals surface area contributed by atoms with Crippen molar-refractivity contribution in [3.8, 4) is 6.07 Å². The van der Waals surface area contributed by atoms with Gasteiger partial charge in [-0.1, -0.05) is 18.2 Å².